The maximum Gasteiger partial charge on any atom is 0.310 e. The predicted molar refractivity (Wildman–Crippen MR) is 119 cm³/mol. The first-order chi connectivity index (χ1) is 15.1. The summed E-state index contributed by atoms with van der Waals surface area (Å²) < 4.78 is 19.9. The van der Waals surface area contributed by atoms with E-state index in [9.17, 15) is 9.18 Å². The molecule has 2 aromatic carbocycles. The van der Waals surface area contributed by atoms with Crippen molar-refractivity contribution in [3.8, 4) is 0 Å². The number of aromatic nitrogens is 3. The van der Waals surface area contributed by atoms with Crippen molar-refractivity contribution in [3.05, 3.63) is 77.5 Å². The largest absolute Gasteiger partial charge is 0.466 e. The Morgan fingerprint density at radius 3 is 2.71 bits per heavy atom. The molecule has 0 saturated carbocycles. The van der Waals surface area contributed by atoms with Crippen molar-refractivity contribution in [3.63, 3.8) is 0 Å². The molecule has 8 heteroatoms. The van der Waals surface area contributed by atoms with Gasteiger partial charge in [0, 0.05) is 18.9 Å². The van der Waals surface area contributed by atoms with Gasteiger partial charge in [-0.15, -0.1) is 0 Å². The van der Waals surface area contributed by atoms with Gasteiger partial charge in [0.2, 0.25) is 0 Å². The molecule has 31 heavy (non-hydrogen) atoms. The summed E-state index contributed by atoms with van der Waals surface area (Å²) in [5.74, 6) is 0.159. The molecule has 0 unspecified atom stereocenters. The number of hydrogen-bond donors (Lipinski definition) is 1. The lowest BCUT2D eigenvalue weighted by atomic mass is 10.1. The van der Waals surface area contributed by atoms with Crippen LogP contribution in [-0.2, 0) is 22.4 Å². The molecule has 158 valence electrons. The first-order valence-electron chi connectivity index (χ1n) is 9.98. The summed E-state index contributed by atoms with van der Waals surface area (Å²) in [5, 5.41) is 3.70. The van der Waals surface area contributed by atoms with Gasteiger partial charge in [-0.05, 0) is 36.6 Å². The highest BCUT2D eigenvalue weighted by molar-refractivity contribution is 7.22. The average Bonchev–Trinajstić information content (AvgIpc) is 3.14. The number of halogens is 1. The molecule has 0 aliphatic carbocycles. The summed E-state index contributed by atoms with van der Waals surface area (Å²) in [5.41, 5.74) is 3.49. The fourth-order valence-electron chi connectivity index (χ4n) is 3.19. The molecular weight excluding hydrogens is 415 g/mol. The fraction of sp³-hybridized carbons (Fsp3) is 0.217. The van der Waals surface area contributed by atoms with Crippen molar-refractivity contribution in [2.45, 2.75) is 26.2 Å². The summed E-state index contributed by atoms with van der Waals surface area (Å²) in [7, 11) is 0. The van der Waals surface area contributed by atoms with Gasteiger partial charge in [0.25, 0.3) is 0 Å². The number of rotatable bonds is 8. The molecule has 6 nitrogen and oxygen atoms in total. The Bertz CT molecular complexity index is 1200. The molecule has 4 aromatic rings. The molecule has 1 N–H and O–H groups in total. The van der Waals surface area contributed by atoms with E-state index in [1.54, 1.807) is 13.0 Å². The zero-order valence-corrected chi connectivity index (χ0v) is 17.8. The number of anilines is 2. The molecule has 0 fully saturated rings. The van der Waals surface area contributed by atoms with Gasteiger partial charge >= 0.3 is 12.0 Å². The molecule has 0 atom stereocenters. The van der Waals surface area contributed by atoms with Crippen molar-refractivity contribution in [1.82, 2.24) is 15.0 Å². The van der Waals surface area contributed by atoms with Crippen molar-refractivity contribution in [2.75, 3.05) is 11.9 Å². The van der Waals surface area contributed by atoms with Gasteiger partial charge in [0.15, 0.2) is 5.13 Å². The van der Waals surface area contributed by atoms with Crippen LogP contribution < -0.4 is 5.32 Å². The van der Waals surface area contributed by atoms with Crippen molar-refractivity contribution in [2.24, 2.45) is 0 Å². The highest BCUT2D eigenvalue weighted by Crippen LogP contribution is 2.29. The van der Waals surface area contributed by atoms with Gasteiger partial charge in [-0.2, -0.15) is 9.37 Å². The highest BCUT2D eigenvalue weighted by Gasteiger charge is 2.10. The number of hydrogen-bond acceptors (Lipinski definition) is 7. The Morgan fingerprint density at radius 1 is 1.06 bits per heavy atom. The minimum absolute atomic E-state index is 0.202. The van der Waals surface area contributed by atoms with E-state index >= 15 is 0 Å². The van der Waals surface area contributed by atoms with Gasteiger partial charge in [-0.1, -0.05) is 47.7 Å². The fourth-order valence-corrected chi connectivity index (χ4v) is 4.13. The van der Waals surface area contributed by atoms with Gasteiger partial charge in [0.05, 0.1) is 22.5 Å². The minimum Gasteiger partial charge on any atom is -0.466 e. The van der Waals surface area contributed by atoms with Gasteiger partial charge < -0.3 is 10.1 Å². The van der Waals surface area contributed by atoms with E-state index in [-0.39, 0.29) is 5.97 Å². The summed E-state index contributed by atoms with van der Waals surface area (Å²) in [6.45, 7) is 2.18. The van der Waals surface area contributed by atoms with Crippen LogP contribution in [0.4, 0.5) is 15.3 Å². The number of nitrogens with zero attached hydrogens (tertiary/aromatic N) is 3. The van der Waals surface area contributed by atoms with Crippen molar-refractivity contribution >= 4 is 38.5 Å². The van der Waals surface area contributed by atoms with Crippen LogP contribution in [0.5, 0.6) is 0 Å². The summed E-state index contributed by atoms with van der Waals surface area (Å²) in [6, 6.07) is 17.4. The number of carbonyl (C=O) groups is 1. The Kier molecular flexibility index (Phi) is 6.47. The number of esters is 1. The number of benzene rings is 2. The molecule has 0 aliphatic heterocycles. The highest BCUT2D eigenvalue weighted by atomic mass is 32.1. The van der Waals surface area contributed by atoms with E-state index in [1.807, 2.05) is 48.5 Å². The van der Waals surface area contributed by atoms with Gasteiger partial charge in [-0.3, -0.25) is 4.79 Å². The van der Waals surface area contributed by atoms with Crippen LogP contribution in [0.1, 0.15) is 30.2 Å². The summed E-state index contributed by atoms with van der Waals surface area (Å²) >= 11 is 1.45. The van der Waals surface area contributed by atoms with Gasteiger partial charge in [0.1, 0.15) is 5.82 Å². The third kappa shape index (κ3) is 5.61. The monoisotopic (exact) mass is 436 g/mol. The lowest BCUT2D eigenvalue weighted by Crippen LogP contribution is -2.04. The third-order valence-corrected chi connectivity index (χ3v) is 5.52. The summed E-state index contributed by atoms with van der Waals surface area (Å²) in [4.78, 5) is 23.9. The lowest BCUT2D eigenvalue weighted by Gasteiger charge is -2.05. The Morgan fingerprint density at radius 2 is 1.90 bits per heavy atom. The topological polar surface area (TPSA) is 77.0 Å². The lowest BCUT2D eigenvalue weighted by molar-refractivity contribution is -0.143. The van der Waals surface area contributed by atoms with E-state index < -0.39 is 6.08 Å². The molecule has 2 heterocycles. The maximum atomic E-state index is 14.0. The molecular formula is C23H21FN4O2S. The van der Waals surface area contributed by atoms with Crippen LogP contribution in [0.15, 0.2) is 54.6 Å². The van der Waals surface area contributed by atoms with Crippen LogP contribution in [0.25, 0.3) is 10.2 Å². The molecule has 2 aromatic heterocycles. The SMILES string of the molecule is CCOC(=O)CCc1ccc2nc(Nc3cc(Cc4ccccc4)nc(F)n3)sc2c1. The Balaban J connectivity index is 1.48. The second kappa shape index (κ2) is 9.61. The zero-order chi connectivity index (χ0) is 21.6. The van der Waals surface area contributed by atoms with E-state index in [1.165, 1.54) is 11.3 Å². The maximum absolute atomic E-state index is 14.0. The number of fused-ring (bicyclic) bond motifs is 1. The number of aryl methyl sites for hydroxylation is 1. The normalized spacial score (nSPS) is 10.9. The quantitative estimate of drug-likeness (QED) is 0.307. The number of thiazole rings is 1. The third-order valence-electron chi connectivity index (χ3n) is 4.59. The first-order valence-corrected chi connectivity index (χ1v) is 10.8. The Hall–Kier alpha value is -3.39. The van der Waals surface area contributed by atoms with E-state index in [0.717, 1.165) is 21.3 Å². The molecule has 0 saturated heterocycles. The molecule has 0 spiro atoms. The molecule has 0 aliphatic rings. The molecule has 0 radical (unpaired) electrons. The van der Waals surface area contributed by atoms with Crippen LogP contribution in [-0.4, -0.2) is 27.5 Å². The van der Waals surface area contributed by atoms with Crippen LogP contribution in [0.3, 0.4) is 0 Å². The minimum atomic E-state index is -0.779. The molecule has 0 bridgehead atoms. The van der Waals surface area contributed by atoms with Crippen LogP contribution in [0.2, 0.25) is 0 Å². The van der Waals surface area contributed by atoms with E-state index in [2.05, 4.69) is 20.3 Å². The van der Waals surface area contributed by atoms with Crippen LogP contribution >= 0.6 is 11.3 Å². The number of ether oxygens (including phenoxy) is 1. The van der Waals surface area contributed by atoms with E-state index in [0.29, 0.717) is 42.5 Å². The predicted octanol–water partition coefficient (Wildman–Crippen LogP) is 5.06. The second-order valence-electron chi connectivity index (χ2n) is 6.93. The Labute approximate surface area is 183 Å². The smallest absolute Gasteiger partial charge is 0.310 e. The van der Waals surface area contributed by atoms with Crippen LogP contribution in [0, 0.1) is 6.08 Å². The second-order valence-corrected chi connectivity index (χ2v) is 7.96. The number of nitrogens with one attached hydrogen (secondary N) is 1. The standard InChI is InChI=1S/C23H21FN4O2S/c1-2-30-21(29)11-9-16-8-10-18-19(13-16)31-23(26-18)28-20-14-17(25-22(24)27-20)12-15-6-4-3-5-7-15/h3-8,10,13-14H,2,9,11-12H2,1H3,(H,25,26,27,28). The van der Waals surface area contributed by atoms with Crippen molar-refractivity contribution < 1.29 is 13.9 Å². The number of carbonyl (C=O) groups excluding carboxylic acids is 1. The molecule has 0 amide bonds. The first kappa shape index (κ1) is 20.9. The van der Waals surface area contributed by atoms with Gasteiger partial charge in [-0.25, -0.2) is 9.97 Å². The zero-order valence-electron chi connectivity index (χ0n) is 17.0. The van der Waals surface area contributed by atoms with Crippen molar-refractivity contribution in [1.29, 1.82) is 0 Å². The molecule has 4 rings (SSSR count). The average molecular weight is 437 g/mol. The summed E-state index contributed by atoms with van der Waals surface area (Å²) in [6.07, 6.45) is 0.681. The van der Waals surface area contributed by atoms with E-state index in [4.69, 9.17) is 4.74 Å².